The van der Waals surface area contributed by atoms with Crippen LogP contribution in [0.25, 0.3) is 0 Å². The summed E-state index contributed by atoms with van der Waals surface area (Å²) in [5.41, 5.74) is 8.27. The molecule has 0 fully saturated rings. The molecule has 26 heavy (non-hydrogen) atoms. The molecule has 0 bridgehead atoms. The van der Waals surface area contributed by atoms with Gasteiger partial charge in [-0.25, -0.2) is 4.79 Å². The molecule has 1 aromatic carbocycles. The van der Waals surface area contributed by atoms with Crippen LogP contribution in [0.2, 0.25) is 0 Å². The van der Waals surface area contributed by atoms with Crippen molar-refractivity contribution in [1.29, 1.82) is 0 Å². The smallest absolute Gasteiger partial charge is 0.475 e. The van der Waals surface area contributed by atoms with Gasteiger partial charge in [0.2, 0.25) is 5.91 Å². The number of carbonyl (C=O) groups is 2. The van der Waals surface area contributed by atoms with Gasteiger partial charge in [0.05, 0.1) is 6.42 Å². The highest BCUT2D eigenvalue weighted by molar-refractivity contribution is 7.10. The topological polar surface area (TPSA) is 92.4 Å². The lowest BCUT2D eigenvalue weighted by Gasteiger charge is -2.12. The van der Waals surface area contributed by atoms with E-state index in [4.69, 9.17) is 15.6 Å². The van der Waals surface area contributed by atoms with Crippen LogP contribution in [0.1, 0.15) is 22.0 Å². The van der Waals surface area contributed by atoms with E-state index in [0.29, 0.717) is 13.0 Å². The second kappa shape index (κ2) is 9.93. The van der Waals surface area contributed by atoms with E-state index in [2.05, 4.69) is 10.7 Å². The monoisotopic (exact) mass is 388 g/mol. The third-order valence-electron chi connectivity index (χ3n) is 3.11. The van der Waals surface area contributed by atoms with Crippen molar-refractivity contribution < 1.29 is 27.9 Å². The summed E-state index contributed by atoms with van der Waals surface area (Å²) in [4.78, 5) is 21.8. The van der Waals surface area contributed by atoms with Crippen molar-refractivity contribution in [3.63, 3.8) is 0 Å². The third-order valence-corrected chi connectivity index (χ3v) is 4.16. The average molecular weight is 388 g/mol. The van der Waals surface area contributed by atoms with Crippen LogP contribution in [0.3, 0.4) is 0 Å². The van der Waals surface area contributed by atoms with Crippen molar-refractivity contribution in [2.75, 3.05) is 6.54 Å². The molecule has 2 aromatic rings. The van der Waals surface area contributed by atoms with Crippen LogP contribution in [0, 0.1) is 6.92 Å². The van der Waals surface area contributed by atoms with Gasteiger partial charge in [0.25, 0.3) is 0 Å². The van der Waals surface area contributed by atoms with Crippen LogP contribution in [0.15, 0.2) is 41.8 Å². The molecule has 0 aliphatic heterocycles. The molecule has 0 saturated carbocycles. The minimum absolute atomic E-state index is 0.0215. The van der Waals surface area contributed by atoms with E-state index in [-0.39, 0.29) is 11.9 Å². The van der Waals surface area contributed by atoms with Crippen molar-refractivity contribution in [1.82, 2.24) is 5.32 Å². The van der Waals surface area contributed by atoms with Crippen LogP contribution in [0.5, 0.6) is 0 Å². The molecule has 1 atom stereocenters. The molecule has 1 aromatic heterocycles. The molecule has 0 spiro atoms. The number of amides is 1. The molecular formula is C17H19F3N2O3S. The van der Waals surface area contributed by atoms with Crippen molar-refractivity contribution >= 4 is 23.2 Å². The Morgan fingerprint density at radius 3 is 2.31 bits per heavy atom. The molecule has 0 aliphatic rings. The number of carboxylic acid groups (broad SMARTS) is 1. The fourth-order valence-corrected chi connectivity index (χ4v) is 2.72. The molecule has 0 aliphatic carbocycles. The molecule has 0 saturated heterocycles. The Balaban J connectivity index is 0.000000412. The first-order valence-corrected chi connectivity index (χ1v) is 8.39. The maximum Gasteiger partial charge on any atom is 0.490 e. The fraction of sp³-hybridized carbons (Fsp3) is 0.294. The Morgan fingerprint density at radius 1 is 1.27 bits per heavy atom. The zero-order chi connectivity index (χ0) is 19.7. The van der Waals surface area contributed by atoms with Crippen molar-refractivity contribution in [2.24, 2.45) is 5.73 Å². The number of rotatable bonds is 5. The van der Waals surface area contributed by atoms with Crippen LogP contribution in [0.4, 0.5) is 13.2 Å². The maximum atomic E-state index is 11.8. The quantitative estimate of drug-likeness (QED) is 0.734. The van der Waals surface area contributed by atoms with Crippen LogP contribution < -0.4 is 11.1 Å². The fourth-order valence-electron chi connectivity index (χ4n) is 1.85. The van der Waals surface area contributed by atoms with E-state index in [1.54, 1.807) is 11.3 Å². The van der Waals surface area contributed by atoms with E-state index in [1.165, 1.54) is 5.56 Å². The van der Waals surface area contributed by atoms with Crippen molar-refractivity contribution in [2.45, 2.75) is 25.6 Å². The SMILES string of the molecule is Cc1csc(CC(=O)NC[C@@H](N)c2ccccc2)c1.O=C(O)C(F)(F)F. The summed E-state index contributed by atoms with van der Waals surface area (Å²) in [5, 5.41) is 12.1. The molecule has 1 heterocycles. The Hall–Kier alpha value is -2.39. The first kappa shape index (κ1) is 21.7. The summed E-state index contributed by atoms with van der Waals surface area (Å²) in [5.74, 6) is -2.74. The van der Waals surface area contributed by atoms with E-state index < -0.39 is 12.1 Å². The summed E-state index contributed by atoms with van der Waals surface area (Å²) in [6, 6.07) is 11.7. The molecule has 2 rings (SSSR count). The molecule has 9 heteroatoms. The lowest BCUT2D eigenvalue weighted by atomic mass is 10.1. The summed E-state index contributed by atoms with van der Waals surface area (Å²) < 4.78 is 31.7. The van der Waals surface area contributed by atoms with Gasteiger partial charge in [-0.1, -0.05) is 30.3 Å². The second-order valence-electron chi connectivity index (χ2n) is 5.39. The van der Waals surface area contributed by atoms with Crippen LogP contribution in [-0.4, -0.2) is 29.7 Å². The van der Waals surface area contributed by atoms with Crippen LogP contribution >= 0.6 is 11.3 Å². The van der Waals surface area contributed by atoms with Crippen molar-refractivity contribution in [3.05, 3.63) is 57.8 Å². The lowest BCUT2D eigenvalue weighted by molar-refractivity contribution is -0.192. The number of nitrogens with two attached hydrogens (primary N) is 1. The molecule has 5 nitrogen and oxygen atoms in total. The number of carboxylic acids is 1. The van der Waals surface area contributed by atoms with Gasteiger partial charge >= 0.3 is 12.1 Å². The first-order valence-electron chi connectivity index (χ1n) is 7.51. The van der Waals surface area contributed by atoms with E-state index >= 15 is 0 Å². The molecular weight excluding hydrogens is 369 g/mol. The molecule has 1 amide bonds. The maximum absolute atomic E-state index is 11.8. The number of nitrogens with one attached hydrogen (secondary N) is 1. The standard InChI is InChI=1S/C15H18N2OS.C2HF3O2/c1-11-7-13(19-10-11)8-15(18)17-9-14(16)12-5-3-2-4-6-12;3-2(4,5)1(6)7/h2-7,10,14H,8-9,16H2,1H3,(H,17,18);(H,6,7)/t14-;/m1./s1. The van der Waals surface area contributed by atoms with E-state index in [9.17, 15) is 18.0 Å². The summed E-state index contributed by atoms with van der Waals surface area (Å²) in [7, 11) is 0. The lowest BCUT2D eigenvalue weighted by Crippen LogP contribution is -2.32. The Kier molecular flexibility index (Phi) is 8.27. The van der Waals surface area contributed by atoms with Gasteiger partial charge in [0.1, 0.15) is 0 Å². The van der Waals surface area contributed by atoms with E-state index in [0.717, 1.165) is 10.4 Å². The van der Waals surface area contributed by atoms with Gasteiger partial charge in [-0.2, -0.15) is 13.2 Å². The number of alkyl halides is 3. The molecule has 0 unspecified atom stereocenters. The molecule has 142 valence electrons. The zero-order valence-electron chi connectivity index (χ0n) is 13.9. The number of thiophene rings is 1. The van der Waals surface area contributed by atoms with Gasteiger partial charge in [-0.15, -0.1) is 11.3 Å². The first-order chi connectivity index (χ1) is 12.1. The van der Waals surface area contributed by atoms with Gasteiger partial charge in [-0.3, -0.25) is 4.79 Å². The van der Waals surface area contributed by atoms with Crippen molar-refractivity contribution in [3.8, 4) is 0 Å². The Bertz CT molecular complexity index is 718. The minimum atomic E-state index is -5.08. The average Bonchev–Trinajstić information content (AvgIpc) is 2.98. The van der Waals surface area contributed by atoms with Crippen LogP contribution in [-0.2, 0) is 16.0 Å². The highest BCUT2D eigenvalue weighted by atomic mass is 32.1. The highest BCUT2D eigenvalue weighted by Gasteiger charge is 2.38. The van der Waals surface area contributed by atoms with Gasteiger partial charge in [0.15, 0.2) is 0 Å². The van der Waals surface area contributed by atoms with Gasteiger partial charge in [-0.05, 0) is 29.5 Å². The summed E-state index contributed by atoms with van der Waals surface area (Å²) >= 11 is 1.62. The molecule has 0 radical (unpaired) electrons. The Labute approximate surface area is 152 Å². The number of carbonyl (C=O) groups excluding carboxylic acids is 1. The number of aliphatic carboxylic acids is 1. The predicted molar refractivity (Wildman–Crippen MR) is 92.8 cm³/mol. The Morgan fingerprint density at radius 2 is 1.85 bits per heavy atom. The molecule has 4 N–H and O–H groups in total. The van der Waals surface area contributed by atoms with Gasteiger partial charge < -0.3 is 16.2 Å². The third kappa shape index (κ3) is 8.13. The normalized spacial score (nSPS) is 11.9. The van der Waals surface area contributed by atoms with E-state index in [1.807, 2.05) is 43.3 Å². The summed E-state index contributed by atoms with van der Waals surface area (Å²) in [6.45, 7) is 2.50. The van der Waals surface area contributed by atoms with Gasteiger partial charge in [0, 0.05) is 17.5 Å². The largest absolute Gasteiger partial charge is 0.490 e. The second-order valence-corrected chi connectivity index (χ2v) is 6.39. The number of hydrogen-bond donors (Lipinski definition) is 3. The zero-order valence-corrected chi connectivity index (χ0v) is 14.7. The minimum Gasteiger partial charge on any atom is -0.475 e. The number of halogens is 3. The summed E-state index contributed by atoms with van der Waals surface area (Å²) in [6.07, 6.45) is -4.65. The highest BCUT2D eigenvalue weighted by Crippen LogP contribution is 2.14. The number of aryl methyl sites for hydroxylation is 1. The predicted octanol–water partition coefficient (Wildman–Crippen LogP) is 3.05. The number of hydrogen-bond acceptors (Lipinski definition) is 4. The number of benzene rings is 1.